The van der Waals surface area contributed by atoms with Crippen molar-refractivity contribution in [2.24, 2.45) is 0 Å². The molecule has 1 aliphatic heterocycles. The van der Waals surface area contributed by atoms with Crippen LogP contribution < -0.4 is 5.32 Å². The Hall–Kier alpha value is -0.610. The fraction of sp³-hybridized carbons (Fsp3) is 0.900. The number of likely N-dealkylation sites (N-methyl/N-ethyl adjacent to an activating group) is 1. The number of nitrogens with zero attached hydrogens (tertiary/aromatic N) is 2. The highest BCUT2D eigenvalue weighted by atomic mass is 16.2. The van der Waals surface area contributed by atoms with Crippen LogP contribution in [0.25, 0.3) is 0 Å². The van der Waals surface area contributed by atoms with Crippen molar-refractivity contribution < 1.29 is 4.79 Å². The van der Waals surface area contributed by atoms with Crippen LogP contribution in [0, 0.1) is 0 Å². The molecule has 0 radical (unpaired) electrons. The topological polar surface area (TPSA) is 35.6 Å². The molecule has 1 atom stereocenters. The lowest BCUT2D eigenvalue weighted by atomic mass is 10.1. The summed E-state index contributed by atoms with van der Waals surface area (Å²) in [4.78, 5) is 16.0. The summed E-state index contributed by atoms with van der Waals surface area (Å²) in [7, 11) is 3.93. The van der Waals surface area contributed by atoms with Gasteiger partial charge in [-0.25, -0.2) is 0 Å². The Kier molecular flexibility index (Phi) is 4.35. The number of hydrogen-bond donors (Lipinski definition) is 1. The summed E-state index contributed by atoms with van der Waals surface area (Å²) >= 11 is 0. The second-order valence-electron chi connectivity index (χ2n) is 3.96. The van der Waals surface area contributed by atoms with Gasteiger partial charge in [-0.3, -0.25) is 9.69 Å². The van der Waals surface area contributed by atoms with E-state index < -0.39 is 0 Å². The van der Waals surface area contributed by atoms with E-state index in [1.54, 1.807) is 0 Å². The molecule has 82 valence electrons. The molecule has 4 heteroatoms. The monoisotopic (exact) mass is 199 g/mol. The van der Waals surface area contributed by atoms with Gasteiger partial charge >= 0.3 is 0 Å². The second kappa shape index (κ2) is 5.32. The highest BCUT2D eigenvalue weighted by Gasteiger charge is 2.25. The zero-order chi connectivity index (χ0) is 10.6. The van der Waals surface area contributed by atoms with Crippen LogP contribution in [0.15, 0.2) is 0 Å². The summed E-state index contributed by atoms with van der Waals surface area (Å²) in [5.74, 6) is 0.277. The van der Waals surface area contributed by atoms with Crippen LogP contribution in [0.5, 0.6) is 0 Å². The second-order valence-corrected chi connectivity index (χ2v) is 3.96. The quantitative estimate of drug-likeness (QED) is 0.681. The fourth-order valence-corrected chi connectivity index (χ4v) is 1.86. The van der Waals surface area contributed by atoms with Gasteiger partial charge in [-0.15, -0.1) is 0 Å². The van der Waals surface area contributed by atoms with Crippen molar-refractivity contribution in [3.8, 4) is 0 Å². The first-order valence-corrected chi connectivity index (χ1v) is 5.32. The van der Waals surface area contributed by atoms with Gasteiger partial charge in [0.2, 0.25) is 5.91 Å². The van der Waals surface area contributed by atoms with Crippen molar-refractivity contribution >= 4 is 5.91 Å². The smallest absolute Gasteiger partial charge is 0.239 e. The van der Waals surface area contributed by atoms with Gasteiger partial charge < -0.3 is 10.2 Å². The van der Waals surface area contributed by atoms with E-state index in [9.17, 15) is 4.79 Å². The number of hydrogen-bond acceptors (Lipinski definition) is 3. The van der Waals surface area contributed by atoms with Crippen molar-refractivity contribution in [1.29, 1.82) is 0 Å². The number of carbonyl (C=O) groups excluding carboxylic acids is 1. The van der Waals surface area contributed by atoms with Crippen molar-refractivity contribution in [3.05, 3.63) is 0 Å². The average molecular weight is 199 g/mol. The standard InChI is InChI=1S/C10H21N3O/c1-4-9(12(2)3)10(14)13-7-5-11-6-8-13/h9,11H,4-8H2,1-3H3. The third kappa shape index (κ3) is 2.69. The van der Waals surface area contributed by atoms with Gasteiger partial charge in [0.05, 0.1) is 6.04 Å². The van der Waals surface area contributed by atoms with Gasteiger partial charge in [0.25, 0.3) is 0 Å². The minimum atomic E-state index is 0.0492. The zero-order valence-corrected chi connectivity index (χ0v) is 9.42. The molecule has 0 spiro atoms. The van der Waals surface area contributed by atoms with E-state index in [0.717, 1.165) is 32.6 Å². The Bertz CT molecular complexity index is 188. The van der Waals surface area contributed by atoms with E-state index >= 15 is 0 Å². The minimum Gasteiger partial charge on any atom is -0.339 e. The van der Waals surface area contributed by atoms with Gasteiger partial charge in [-0.2, -0.15) is 0 Å². The maximum atomic E-state index is 12.0. The summed E-state index contributed by atoms with van der Waals surface area (Å²) in [6.45, 7) is 5.61. The number of piperazine rings is 1. The lowest BCUT2D eigenvalue weighted by molar-refractivity contribution is -0.136. The molecule has 0 bridgehead atoms. The number of carbonyl (C=O) groups is 1. The molecular weight excluding hydrogens is 178 g/mol. The Morgan fingerprint density at radius 2 is 2.00 bits per heavy atom. The molecule has 1 rings (SSSR count). The van der Waals surface area contributed by atoms with Crippen LogP contribution in [0.1, 0.15) is 13.3 Å². The van der Waals surface area contributed by atoms with Gasteiger partial charge in [0, 0.05) is 26.2 Å². The molecule has 0 saturated carbocycles. The molecule has 14 heavy (non-hydrogen) atoms. The van der Waals surface area contributed by atoms with E-state index in [4.69, 9.17) is 0 Å². The van der Waals surface area contributed by atoms with E-state index in [2.05, 4.69) is 12.2 Å². The van der Waals surface area contributed by atoms with Crippen LogP contribution in [0.3, 0.4) is 0 Å². The van der Waals surface area contributed by atoms with Crippen LogP contribution in [-0.4, -0.2) is 62.0 Å². The molecule has 4 nitrogen and oxygen atoms in total. The number of amides is 1. The zero-order valence-electron chi connectivity index (χ0n) is 9.42. The maximum absolute atomic E-state index is 12.0. The van der Waals surface area contributed by atoms with Gasteiger partial charge in [-0.05, 0) is 20.5 Å². The fourth-order valence-electron chi connectivity index (χ4n) is 1.86. The third-order valence-electron chi connectivity index (χ3n) is 2.72. The largest absolute Gasteiger partial charge is 0.339 e. The normalized spacial score (nSPS) is 19.9. The number of rotatable bonds is 3. The van der Waals surface area contributed by atoms with Crippen molar-refractivity contribution in [2.75, 3.05) is 40.3 Å². The lowest BCUT2D eigenvalue weighted by Crippen LogP contribution is -2.52. The Labute approximate surface area is 86.2 Å². The molecule has 0 aliphatic carbocycles. The minimum absolute atomic E-state index is 0.0492. The summed E-state index contributed by atoms with van der Waals surface area (Å²) in [6, 6.07) is 0.0492. The molecule has 1 N–H and O–H groups in total. The molecular formula is C10H21N3O. The molecule has 0 aromatic heterocycles. The van der Waals surface area contributed by atoms with E-state index in [1.807, 2.05) is 23.9 Å². The van der Waals surface area contributed by atoms with Crippen LogP contribution in [0.2, 0.25) is 0 Å². The third-order valence-corrected chi connectivity index (χ3v) is 2.72. The Morgan fingerprint density at radius 3 is 2.43 bits per heavy atom. The van der Waals surface area contributed by atoms with E-state index in [1.165, 1.54) is 0 Å². The maximum Gasteiger partial charge on any atom is 0.239 e. The average Bonchev–Trinajstić information content (AvgIpc) is 2.19. The molecule has 1 heterocycles. The first-order chi connectivity index (χ1) is 6.66. The SMILES string of the molecule is CCC(C(=O)N1CCNCC1)N(C)C. The predicted molar refractivity (Wildman–Crippen MR) is 57.2 cm³/mol. The van der Waals surface area contributed by atoms with Gasteiger partial charge in [0.15, 0.2) is 0 Å². The highest BCUT2D eigenvalue weighted by Crippen LogP contribution is 2.05. The lowest BCUT2D eigenvalue weighted by Gasteiger charge is -2.32. The van der Waals surface area contributed by atoms with E-state index in [-0.39, 0.29) is 11.9 Å². The van der Waals surface area contributed by atoms with Crippen molar-refractivity contribution in [3.63, 3.8) is 0 Å². The number of nitrogens with one attached hydrogen (secondary N) is 1. The molecule has 1 saturated heterocycles. The van der Waals surface area contributed by atoms with Crippen LogP contribution in [0.4, 0.5) is 0 Å². The van der Waals surface area contributed by atoms with Gasteiger partial charge in [0.1, 0.15) is 0 Å². The van der Waals surface area contributed by atoms with Gasteiger partial charge in [-0.1, -0.05) is 6.92 Å². The van der Waals surface area contributed by atoms with Crippen LogP contribution in [-0.2, 0) is 4.79 Å². The predicted octanol–water partition coefficient (Wildman–Crippen LogP) is -0.242. The molecule has 0 aromatic carbocycles. The Morgan fingerprint density at radius 1 is 1.43 bits per heavy atom. The molecule has 1 fully saturated rings. The van der Waals surface area contributed by atoms with Crippen molar-refractivity contribution in [1.82, 2.24) is 15.1 Å². The summed E-state index contributed by atoms with van der Waals surface area (Å²) in [5, 5.41) is 3.25. The highest BCUT2D eigenvalue weighted by molar-refractivity contribution is 5.81. The summed E-state index contributed by atoms with van der Waals surface area (Å²) in [5.41, 5.74) is 0. The molecule has 0 aromatic rings. The molecule has 1 unspecified atom stereocenters. The van der Waals surface area contributed by atoms with Crippen LogP contribution >= 0.6 is 0 Å². The summed E-state index contributed by atoms with van der Waals surface area (Å²) < 4.78 is 0. The molecule has 1 aliphatic rings. The summed E-state index contributed by atoms with van der Waals surface area (Å²) in [6.07, 6.45) is 0.885. The van der Waals surface area contributed by atoms with Crippen molar-refractivity contribution in [2.45, 2.75) is 19.4 Å². The Balaban J connectivity index is 2.52. The first-order valence-electron chi connectivity index (χ1n) is 5.32. The van der Waals surface area contributed by atoms with E-state index in [0.29, 0.717) is 0 Å². The first kappa shape index (κ1) is 11.5. The molecule has 1 amide bonds.